The lowest BCUT2D eigenvalue weighted by Crippen LogP contribution is -2.11. The number of rotatable bonds is 15. The Bertz CT molecular complexity index is 2490. The highest BCUT2D eigenvalue weighted by atomic mass is 16.3. The second-order valence-electron chi connectivity index (χ2n) is 12.5. The monoisotopic (exact) mass is 697 g/mol. The third-order valence-electron chi connectivity index (χ3n) is 9.09. The molecule has 0 N–H and O–H groups in total. The lowest BCUT2D eigenvalue weighted by Gasteiger charge is -2.25. The van der Waals surface area contributed by atoms with Crippen molar-refractivity contribution >= 4 is 44.3 Å². The Morgan fingerprint density at radius 2 is 1.28 bits per heavy atom. The van der Waals surface area contributed by atoms with Crippen molar-refractivity contribution in [3.63, 3.8) is 0 Å². The second kappa shape index (κ2) is 17.4. The first kappa shape index (κ1) is 36.6. The highest BCUT2D eigenvalue weighted by Crippen LogP contribution is 2.39. The highest BCUT2D eigenvalue weighted by molar-refractivity contribution is 5.98. The molecular formula is C52H43NO. The molecule has 262 valence electrons. The van der Waals surface area contributed by atoms with Gasteiger partial charge in [0.15, 0.2) is 0 Å². The van der Waals surface area contributed by atoms with Gasteiger partial charge in [0.25, 0.3) is 0 Å². The second-order valence-corrected chi connectivity index (χ2v) is 12.5. The lowest BCUT2D eigenvalue weighted by atomic mass is 9.98. The van der Waals surface area contributed by atoms with Crippen LogP contribution in [0.15, 0.2) is 243 Å². The number of benzene rings is 5. The van der Waals surface area contributed by atoms with Crippen molar-refractivity contribution in [2.75, 3.05) is 4.90 Å². The summed E-state index contributed by atoms with van der Waals surface area (Å²) in [7, 11) is 0. The SMILES string of the molecule is C=C/C=C\C(=C)c1cccc(-c2ccc(N(/C=C/C(=C\C=C)C(/C=C)=C/C=C)c3ccccc3/C(=C/C=C)c3cc4cc5ccccc5cc4o3)cc2)c1. The Balaban J connectivity index is 1.48. The molecule has 0 fully saturated rings. The van der Waals surface area contributed by atoms with Crippen molar-refractivity contribution < 1.29 is 4.42 Å². The molecule has 0 amide bonds. The van der Waals surface area contributed by atoms with Gasteiger partial charge in [0, 0.05) is 28.4 Å². The summed E-state index contributed by atoms with van der Waals surface area (Å²) in [4.78, 5) is 2.19. The van der Waals surface area contributed by atoms with E-state index in [2.05, 4.69) is 166 Å². The minimum absolute atomic E-state index is 0.756. The zero-order valence-corrected chi connectivity index (χ0v) is 30.5. The van der Waals surface area contributed by atoms with Gasteiger partial charge in [0.2, 0.25) is 0 Å². The van der Waals surface area contributed by atoms with Crippen LogP contribution in [0.4, 0.5) is 11.4 Å². The molecule has 6 aromatic rings. The van der Waals surface area contributed by atoms with Crippen LogP contribution in [0.3, 0.4) is 0 Å². The van der Waals surface area contributed by atoms with Crippen molar-refractivity contribution in [1.29, 1.82) is 0 Å². The van der Waals surface area contributed by atoms with E-state index in [-0.39, 0.29) is 0 Å². The zero-order chi connectivity index (χ0) is 37.9. The minimum Gasteiger partial charge on any atom is -0.456 e. The van der Waals surface area contributed by atoms with Gasteiger partial charge in [-0.15, -0.1) is 0 Å². The molecule has 0 unspecified atom stereocenters. The molecule has 0 bridgehead atoms. The van der Waals surface area contributed by atoms with Gasteiger partial charge in [-0.1, -0.05) is 173 Å². The van der Waals surface area contributed by atoms with Gasteiger partial charge in [0.05, 0.1) is 5.69 Å². The first-order valence-corrected chi connectivity index (χ1v) is 17.8. The Morgan fingerprint density at radius 3 is 2.00 bits per heavy atom. The van der Waals surface area contributed by atoms with Crippen molar-refractivity contribution in [2.45, 2.75) is 0 Å². The summed E-state index contributed by atoms with van der Waals surface area (Å²) in [6.45, 7) is 24.0. The van der Waals surface area contributed by atoms with Crippen molar-refractivity contribution in [3.05, 3.63) is 256 Å². The molecule has 0 saturated carbocycles. The molecule has 0 saturated heterocycles. The van der Waals surface area contributed by atoms with Gasteiger partial charge in [-0.3, -0.25) is 0 Å². The van der Waals surface area contributed by atoms with E-state index in [1.807, 2.05) is 48.6 Å². The summed E-state index contributed by atoms with van der Waals surface area (Å²) in [5, 5.41) is 3.34. The van der Waals surface area contributed by atoms with Crippen molar-refractivity contribution in [3.8, 4) is 11.1 Å². The maximum atomic E-state index is 6.59. The van der Waals surface area contributed by atoms with Crippen LogP contribution < -0.4 is 4.90 Å². The predicted molar refractivity (Wildman–Crippen MR) is 236 cm³/mol. The van der Waals surface area contributed by atoms with Gasteiger partial charge >= 0.3 is 0 Å². The van der Waals surface area contributed by atoms with E-state index in [0.717, 1.165) is 78.0 Å². The van der Waals surface area contributed by atoms with Gasteiger partial charge in [-0.2, -0.15) is 0 Å². The fourth-order valence-corrected chi connectivity index (χ4v) is 6.43. The average Bonchev–Trinajstić information content (AvgIpc) is 3.62. The van der Waals surface area contributed by atoms with Crippen LogP contribution in [0.5, 0.6) is 0 Å². The molecule has 54 heavy (non-hydrogen) atoms. The van der Waals surface area contributed by atoms with E-state index in [4.69, 9.17) is 4.42 Å². The van der Waals surface area contributed by atoms with Gasteiger partial charge in [-0.25, -0.2) is 0 Å². The molecular weight excluding hydrogens is 655 g/mol. The molecule has 2 heteroatoms. The standard InChI is InChI=1S/C52H43NO/c1-7-12-21-38(6)42-24-17-25-43(34-42)41-28-30-47(31-29-41)53(33-32-40(19-9-3)39(11-5)18-8-2)50-27-16-15-26-48(50)49(20-10-4)52-37-46-35-44-22-13-14-23-45(44)36-51(46)54-52/h7-37H,1-6H2/b21-12-,33-32+,39-18+,40-19+,49-20-. The minimum atomic E-state index is 0.756. The molecule has 1 heterocycles. The molecule has 1 aromatic heterocycles. The van der Waals surface area contributed by atoms with Crippen LogP contribution in [0.25, 0.3) is 44.0 Å². The normalized spacial score (nSPS) is 12.3. The lowest BCUT2D eigenvalue weighted by molar-refractivity contribution is 0.601. The van der Waals surface area contributed by atoms with E-state index in [9.17, 15) is 0 Å². The summed E-state index contributed by atoms with van der Waals surface area (Å²) in [6, 6.07) is 40.1. The third kappa shape index (κ3) is 8.15. The van der Waals surface area contributed by atoms with Gasteiger partial charge in [-0.05, 0) is 92.7 Å². The summed E-state index contributed by atoms with van der Waals surface area (Å²) in [6.07, 6.45) is 22.8. The largest absolute Gasteiger partial charge is 0.456 e. The molecule has 0 spiro atoms. The topological polar surface area (TPSA) is 16.4 Å². The predicted octanol–water partition coefficient (Wildman–Crippen LogP) is 14.7. The van der Waals surface area contributed by atoms with Crippen LogP contribution in [-0.2, 0) is 0 Å². The molecule has 0 aliphatic rings. The Labute approximate surface area is 319 Å². The molecule has 0 aliphatic heterocycles. The molecule has 5 aromatic carbocycles. The fraction of sp³-hybridized carbons (Fsp3) is 0. The van der Waals surface area contributed by atoms with E-state index in [1.165, 1.54) is 5.39 Å². The van der Waals surface area contributed by atoms with Crippen LogP contribution >= 0.6 is 0 Å². The molecule has 0 aliphatic carbocycles. The van der Waals surface area contributed by atoms with Crippen LogP contribution in [0.1, 0.15) is 16.9 Å². The van der Waals surface area contributed by atoms with E-state index < -0.39 is 0 Å². The first-order chi connectivity index (χ1) is 26.5. The number of fused-ring (bicyclic) bond motifs is 2. The van der Waals surface area contributed by atoms with Crippen molar-refractivity contribution in [1.82, 2.24) is 0 Å². The maximum Gasteiger partial charge on any atom is 0.136 e. The molecule has 2 nitrogen and oxygen atoms in total. The number of hydrogen-bond acceptors (Lipinski definition) is 2. The highest BCUT2D eigenvalue weighted by Gasteiger charge is 2.19. The van der Waals surface area contributed by atoms with Crippen LogP contribution in [0.2, 0.25) is 0 Å². The quantitative estimate of drug-likeness (QED) is 0.0993. The molecule has 0 radical (unpaired) electrons. The maximum absolute atomic E-state index is 6.59. The molecule has 0 atom stereocenters. The number of nitrogens with zero attached hydrogens (tertiary/aromatic N) is 1. The van der Waals surface area contributed by atoms with Crippen molar-refractivity contribution in [2.24, 2.45) is 0 Å². The summed E-state index contributed by atoms with van der Waals surface area (Å²) in [5.74, 6) is 0.756. The summed E-state index contributed by atoms with van der Waals surface area (Å²) >= 11 is 0. The first-order valence-electron chi connectivity index (χ1n) is 17.8. The van der Waals surface area contributed by atoms with Gasteiger partial charge in [0.1, 0.15) is 11.3 Å². The fourth-order valence-electron chi connectivity index (χ4n) is 6.43. The van der Waals surface area contributed by atoms with E-state index in [0.29, 0.717) is 0 Å². The zero-order valence-electron chi connectivity index (χ0n) is 30.5. The summed E-state index contributed by atoms with van der Waals surface area (Å²) < 4.78 is 6.59. The Kier molecular flexibility index (Phi) is 11.8. The number of furan rings is 1. The average molecular weight is 698 g/mol. The van der Waals surface area contributed by atoms with Gasteiger partial charge < -0.3 is 9.32 Å². The molecule has 6 rings (SSSR count). The Morgan fingerprint density at radius 1 is 0.574 bits per heavy atom. The number of hydrogen-bond donors (Lipinski definition) is 0. The number of anilines is 2. The van der Waals surface area contributed by atoms with Crippen LogP contribution in [0, 0.1) is 0 Å². The van der Waals surface area contributed by atoms with Crippen LogP contribution in [-0.4, -0.2) is 0 Å². The smallest absolute Gasteiger partial charge is 0.136 e. The number of para-hydroxylation sites is 1. The van der Waals surface area contributed by atoms with E-state index >= 15 is 0 Å². The Hall–Kier alpha value is -7.16. The van der Waals surface area contributed by atoms with E-state index in [1.54, 1.807) is 18.2 Å². The number of allylic oxidation sites excluding steroid dienone is 14. The summed E-state index contributed by atoms with van der Waals surface area (Å²) in [5.41, 5.74) is 10.7. The third-order valence-corrected chi connectivity index (χ3v) is 9.09.